The SMILES string of the molecule is Cc1cc(C(=O)c2c(Br)cnn2CCN(C)C)n(C)n1. The summed E-state index contributed by atoms with van der Waals surface area (Å²) in [4.78, 5) is 14.7. The summed E-state index contributed by atoms with van der Waals surface area (Å²) in [5, 5.41) is 8.48. The standard InChI is InChI=1S/C13H18BrN5O/c1-9-7-11(18(4)16-9)13(20)12-10(14)8-15-19(12)6-5-17(2)3/h7-8H,5-6H2,1-4H3. The maximum atomic E-state index is 12.7. The van der Waals surface area contributed by atoms with E-state index >= 15 is 0 Å². The lowest BCUT2D eigenvalue weighted by Crippen LogP contribution is -2.22. The zero-order chi connectivity index (χ0) is 14.9. The highest BCUT2D eigenvalue weighted by Crippen LogP contribution is 2.20. The molecule has 2 aromatic heterocycles. The van der Waals surface area contributed by atoms with Crippen molar-refractivity contribution in [3.05, 3.63) is 33.8 Å². The van der Waals surface area contributed by atoms with Gasteiger partial charge in [0, 0.05) is 13.6 Å². The summed E-state index contributed by atoms with van der Waals surface area (Å²) in [6, 6.07) is 1.79. The minimum absolute atomic E-state index is 0.0729. The van der Waals surface area contributed by atoms with Crippen LogP contribution in [0.4, 0.5) is 0 Å². The highest BCUT2D eigenvalue weighted by molar-refractivity contribution is 9.10. The minimum Gasteiger partial charge on any atom is -0.308 e. The fraction of sp³-hybridized carbons (Fsp3) is 0.462. The van der Waals surface area contributed by atoms with Gasteiger partial charge in [0.2, 0.25) is 5.78 Å². The average molecular weight is 340 g/mol. The number of carbonyl (C=O) groups is 1. The zero-order valence-electron chi connectivity index (χ0n) is 12.1. The highest BCUT2D eigenvalue weighted by atomic mass is 79.9. The van der Waals surface area contributed by atoms with E-state index in [0.717, 1.165) is 12.2 Å². The monoisotopic (exact) mass is 339 g/mol. The molecule has 2 heterocycles. The molecule has 0 fully saturated rings. The zero-order valence-corrected chi connectivity index (χ0v) is 13.7. The molecule has 0 atom stereocenters. The van der Waals surface area contributed by atoms with Gasteiger partial charge in [-0.3, -0.25) is 14.2 Å². The van der Waals surface area contributed by atoms with E-state index in [1.807, 2.05) is 21.0 Å². The molecule has 0 aromatic carbocycles. The van der Waals surface area contributed by atoms with Gasteiger partial charge in [-0.2, -0.15) is 10.2 Å². The Balaban J connectivity index is 2.34. The van der Waals surface area contributed by atoms with Crippen LogP contribution in [0.5, 0.6) is 0 Å². The average Bonchev–Trinajstić information content (AvgIpc) is 2.89. The Morgan fingerprint density at radius 3 is 2.70 bits per heavy atom. The first-order valence-corrected chi connectivity index (χ1v) is 7.11. The summed E-state index contributed by atoms with van der Waals surface area (Å²) < 4.78 is 4.04. The number of aryl methyl sites for hydroxylation is 2. The van der Waals surface area contributed by atoms with Crippen molar-refractivity contribution in [2.75, 3.05) is 20.6 Å². The molecule has 0 amide bonds. The molecule has 0 N–H and O–H groups in total. The number of halogens is 1. The van der Waals surface area contributed by atoms with Crippen LogP contribution in [-0.2, 0) is 13.6 Å². The molecule has 2 rings (SSSR count). The summed E-state index contributed by atoms with van der Waals surface area (Å²) in [5.41, 5.74) is 1.95. The molecule has 0 aliphatic rings. The van der Waals surface area contributed by atoms with Crippen LogP contribution in [0.2, 0.25) is 0 Å². The predicted octanol–water partition coefficient (Wildman–Crippen LogP) is 1.48. The van der Waals surface area contributed by atoms with Crippen molar-refractivity contribution in [2.45, 2.75) is 13.5 Å². The Morgan fingerprint density at radius 1 is 1.45 bits per heavy atom. The van der Waals surface area contributed by atoms with Crippen LogP contribution in [-0.4, -0.2) is 50.9 Å². The summed E-state index contributed by atoms with van der Waals surface area (Å²) >= 11 is 3.41. The predicted molar refractivity (Wildman–Crippen MR) is 79.9 cm³/mol. The van der Waals surface area contributed by atoms with Crippen molar-refractivity contribution >= 4 is 21.7 Å². The topological polar surface area (TPSA) is 56.0 Å². The van der Waals surface area contributed by atoms with Gasteiger partial charge in [-0.15, -0.1) is 0 Å². The van der Waals surface area contributed by atoms with Gasteiger partial charge in [0.05, 0.1) is 22.9 Å². The van der Waals surface area contributed by atoms with Gasteiger partial charge in [0.15, 0.2) is 0 Å². The Kier molecular flexibility index (Phi) is 4.39. The van der Waals surface area contributed by atoms with E-state index in [9.17, 15) is 4.79 Å². The van der Waals surface area contributed by atoms with Crippen LogP contribution in [0.1, 0.15) is 21.9 Å². The van der Waals surface area contributed by atoms with Gasteiger partial charge >= 0.3 is 0 Å². The van der Waals surface area contributed by atoms with Gasteiger partial charge in [0.25, 0.3) is 0 Å². The van der Waals surface area contributed by atoms with E-state index in [4.69, 9.17) is 0 Å². The molecule has 108 valence electrons. The number of carbonyl (C=O) groups excluding carboxylic acids is 1. The first-order valence-electron chi connectivity index (χ1n) is 6.31. The Hall–Kier alpha value is -1.47. The van der Waals surface area contributed by atoms with E-state index in [-0.39, 0.29) is 5.78 Å². The van der Waals surface area contributed by atoms with E-state index in [1.54, 1.807) is 28.7 Å². The van der Waals surface area contributed by atoms with E-state index in [2.05, 4.69) is 31.0 Å². The molecule has 20 heavy (non-hydrogen) atoms. The fourth-order valence-corrected chi connectivity index (χ4v) is 2.47. The molecule has 0 saturated heterocycles. The molecule has 0 bridgehead atoms. The van der Waals surface area contributed by atoms with Crippen molar-refractivity contribution in [3.63, 3.8) is 0 Å². The summed E-state index contributed by atoms with van der Waals surface area (Å²) in [5.74, 6) is -0.0729. The van der Waals surface area contributed by atoms with Crippen molar-refractivity contribution < 1.29 is 4.79 Å². The van der Waals surface area contributed by atoms with Crippen LogP contribution >= 0.6 is 15.9 Å². The Labute approximate surface area is 126 Å². The molecule has 0 aliphatic heterocycles. The third-order valence-electron chi connectivity index (χ3n) is 3.00. The number of nitrogens with zero attached hydrogens (tertiary/aromatic N) is 5. The van der Waals surface area contributed by atoms with Crippen molar-refractivity contribution in [2.24, 2.45) is 7.05 Å². The molecular formula is C13H18BrN5O. The molecule has 0 spiro atoms. The molecule has 6 nitrogen and oxygen atoms in total. The lowest BCUT2D eigenvalue weighted by atomic mass is 10.2. The minimum atomic E-state index is -0.0729. The summed E-state index contributed by atoms with van der Waals surface area (Å²) in [6.45, 7) is 3.35. The van der Waals surface area contributed by atoms with Crippen LogP contribution in [0, 0.1) is 6.92 Å². The van der Waals surface area contributed by atoms with Crippen LogP contribution < -0.4 is 0 Å². The third kappa shape index (κ3) is 2.99. The fourth-order valence-electron chi connectivity index (χ4n) is 2.00. The van der Waals surface area contributed by atoms with Crippen LogP contribution in [0.15, 0.2) is 16.7 Å². The first kappa shape index (κ1) is 14.9. The number of ketones is 1. The number of hydrogen-bond donors (Lipinski definition) is 0. The van der Waals surface area contributed by atoms with Crippen LogP contribution in [0.25, 0.3) is 0 Å². The smallest absolute Gasteiger partial charge is 0.230 e. The van der Waals surface area contributed by atoms with Crippen molar-refractivity contribution in [3.8, 4) is 0 Å². The van der Waals surface area contributed by atoms with Crippen molar-refractivity contribution in [1.82, 2.24) is 24.5 Å². The lowest BCUT2D eigenvalue weighted by Gasteiger charge is -2.11. The molecule has 0 unspecified atom stereocenters. The summed E-state index contributed by atoms with van der Waals surface area (Å²) in [7, 11) is 5.75. The van der Waals surface area contributed by atoms with Gasteiger partial charge in [0.1, 0.15) is 11.4 Å². The second-order valence-corrected chi connectivity index (χ2v) is 5.85. The third-order valence-corrected chi connectivity index (χ3v) is 3.58. The van der Waals surface area contributed by atoms with Crippen molar-refractivity contribution in [1.29, 1.82) is 0 Å². The molecule has 7 heteroatoms. The number of aromatic nitrogens is 4. The van der Waals surface area contributed by atoms with Gasteiger partial charge < -0.3 is 4.90 Å². The van der Waals surface area contributed by atoms with E-state index in [0.29, 0.717) is 22.4 Å². The lowest BCUT2D eigenvalue weighted by molar-refractivity contribution is 0.101. The van der Waals surface area contributed by atoms with E-state index in [1.165, 1.54) is 0 Å². The van der Waals surface area contributed by atoms with Crippen LogP contribution in [0.3, 0.4) is 0 Å². The van der Waals surface area contributed by atoms with E-state index < -0.39 is 0 Å². The molecule has 0 aliphatic carbocycles. The normalized spacial score (nSPS) is 11.3. The second kappa shape index (κ2) is 5.88. The number of rotatable bonds is 5. The molecule has 0 radical (unpaired) electrons. The maximum Gasteiger partial charge on any atom is 0.230 e. The number of hydrogen-bond acceptors (Lipinski definition) is 4. The number of likely N-dealkylation sites (N-methyl/N-ethyl adjacent to an activating group) is 1. The van der Waals surface area contributed by atoms with Gasteiger partial charge in [-0.05, 0) is 43.0 Å². The Bertz CT molecular complexity index is 629. The van der Waals surface area contributed by atoms with Gasteiger partial charge in [-0.1, -0.05) is 0 Å². The largest absolute Gasteiger partial charge is 0.308 e. The maximum absolute atomic E-state index is 12.7. The molecular weight excluding hydrogens is 322 g/mol. The summed E-state index contributed by atoms with van der Waals surface area (Å²) in [6.07, 6.45) is 1.66. The quantitative estimate of drug-likeness (QED) is 0.774. The second-order valence-electron chi connectivity index (χ2n) is 4.99. The first-order chi connectivity index (χ1) is 9.40. The Morgan fingerprint density at radius 2 is 2.15 bits per heavy atom. The molecule has 0 saturated carbocycles. The highest BCUT2D eigenvalue weighted by Gasteiger charge is 2.22. The molecule has 2 aromatic rings. The van der Waals surface area contributed by atoms with Gasteiger partial charge in [-0.25, -0.2) is 0 Å².